The topological polar surface area (TPSA) is 44.8 Å². The maximum Gasteiger partial charge on any atom is 0.343 e. The summed E-state index contributed by atoms with van der Waals surface area (Å²) in [7, 11) is 0. The maximum absolute atomic E-state index is 12.9. The average molecular weight is 629 g/mol. The van der Waals surface area contributed by atoms with E-state index >= 15 is 0 Å². The van der Waals surface area contributed by atoms with Crippen LogP contribution >= 0.6 is 0 Å². The van der Waals surface area contributed by atoms with Crippen LogP contribution in [0.15, 0.2) is 72.8 Å². The van der Waals surface area contributed by atoms with Gasteiger partial charge in [-0.3, -0.25) is 0 Å². The van der Waals surface area contributed by atoms with Crippen molar-refractivity contribution >= 4 is 5.97 Å². The third kappa shape index (κ3) is 14.1. The zero-order chi connectivity index (χ0) is 32.8. The molecule has 3 rings (SSSR count). The molecule has 0 saturated carbocycles. The molecule has 4 nitrogen and oxygen atoms in total. The Bertz CT molecular complexity index is 1200. The van der Waals surface area contributed by atoms with Crippen LogP contribution in [-0.4, -0.2) is 18.7 Å². The first kappa shape index (κ1) is 37.3. The third-order valence-corrected chi connectivity index (χ3v) is 8.78. The van der Waals surface area contributed by atoms with E-state index in [4.69, 9.17) is 14.2 Å². The molecule has 0 N–H and O–H groups in total. The molecule has 3 aromatic carbocycles. The van der Waals surface area contributed by atoms with Crippen molar-refractivity contribution in [1.82, 2.24) is 0 Å². The van der Waals surface area contributed by atoms with E-state index in [0.29, 0.717) is 11.3 Å². The van der Waals surface area contributed by atoms with Crippen LogP contribution in [0, 0.1) is 0 Å². The fourth-order valence-corrected chi connectivity index (χ4v) is 5.84. The Hall–Kier alpha value is -3.11. The number of ether oxygens (including phenoxy) is 3. The Morgan fingerprint density at radius 2 is 1.09 bits per heavy atom. The van der Waals surface area contributed by atoms with Gasteiger partial charge in [-0.2, -0.15) is 0 Å². The second kappa shape index (κ2) is 22.4. The molecule has 252 valence electrons. The van der Waals surface area contributed by atoms with Crippen LogP contribution in [-0.2, 0) is 4.74 Å². The number of rotatable bonds is 24. The largest absolute Gasteiger partial charge is 0.490 e. The predicted molar refractivity (Wildman–Crippen MR) is 193 cm³/mol. The average Bonchev–Trinajstić information content (AvgIpc) is 3.08. The van der Waals surface area contributed by atoms with Crippen molar-refractivity contribution < 1.29 is 19.0 Å². The molecule has 2 unspecified atom stereocenters. The van der Waals surface area contributed by atoms with Crippen LogP contribution in [0.5, 0.6) is 11.5 Å². The fraction of sp³-hybridized carbons (Fsp3) is 0.548. The molecular weight excluding hydrogens is 568 g/mol. The molecule has 0 bridgehead atoms. The number of hydrogen-bond acceptors (Lipinski definition) is 4. The quantitative estimate of drug-likeness (QED) is 0.0562. The number of unbranched alkanes of at least 4 members (excludes halogenated alkanes) is 11. The summed E-state index contributed by atoms with van der Waals surface area (Å²) in [4.78, 5) is 12.9. The Morgan fingerprint density at radius 3 is 1.67 bits per heavy atom. The molecule has 0 saturated heterocycles. The van der Waals surface area contributed by atoms with Crippen molar-refractivity contribution in [3.63, 3.8) is 0 Å². The summed E-state index contributed by atoms with van der Waals surface area (Å²) < 4.78 is 18.0. The smallest absolute Gasteiger partial charge is 0.343 e. The number of esters is 1. The molecule has 0 aromatic heterocycles. The van der Waals surface area contributed by atoms with Gasteiger partial charge in [-0.05, 0) is 85.7 Å². The van der Waals surface area contributed by atoms with E-state index in [1.54, 1.807) is 0 Å². The lowest BCUT2D eigenvalue weighted by molar-refractivity contribution is 0.0628. The monoisotopic (exact) mass is 628 g/mol. The number of hydrogen-bond donors (Lipinski definition) is 0. The predicted octanol–water partition coefficient (Wildman–Crippen LogP) is 12.7. The number of carbonyl (C=O) groups is 1. The molecule has 46 heavy (non-hydrogen) atoms. The van der Waals surface area contributed by atoms with Crippen molar-refractivity contribution in [2.45, 2.75) is 143 Å². The van der Waals surface area contributed by atoms with Crippen molar-refractivity contribution in [3.8, 4) is 22.6 Å². The number of benzene rings is 3. The van der Waals surface area contributed by atoms with Gasteiger partial charge in [-0.1, -0.05) is 134 Å². The second-order valence-corrected chi connectivity index (χ2v) is 12.8. The first-order valence-electron chi connectivity index (χ1n) is 18.3. The molecule has 3 aromatic rings. The van der Waals surface area contributed by atoms with Crippen LogP contribution in [0.1, 0.15) is 152 Å². The highest BCUT2D eigenvalue weighted by molar-refractivity contribution is 5.91. The Balaban J connectivity index is 1.42. The lowest BCUT2D eigenvalue weighted by Gasteiger charge is -2.19. The minimum absolute atomic E-state index is 0.0794. The van der Waals surface area contributed by atoms with Crippen LogP contribution in [0.3, 0.4) is 0 Å². The summed E-state index contributed by atoms with van der Waals surface area (Å²) in [5, 5.41) is 0. The molecule has 0 fully saturated rings. The van der Waals surface area contributed by atoms with Crippen LogP contribution in [0.2, 0.25) is 0 Å². The molecule has 0 aliphatic carbocycles. The molecule has 0 radical (unpaired) electrons. The van der Waals surface area contributed by atoms with Gasteiger partial charge in [0.15, 0.2) is 0 Å². The van der Waals surface area contributed by atoms with E-state index in [9.17, 15) is 4.79 Å². The van der Waals surface area contributed by atoms with Gasteiger partial charge in [0.25, 0.3) is 0 Å². The van der Waals surface area contributed by atoms with Gasteiger partial charge in [0.1, 0.15) is 11.5 Å². The van der Waals surface area contributed by atoms with Gasteiger partial charge >= 0.3 is 5.97 Å². The minimum Gasteiger partial charge on any atom is -0.490 e. The molecule has 0 aliphatic rings. The van der Waals surface area contributed by atoms with E-state index in [1.807, 2.05) is 48.5 Å². The summed E-state index contributed by atoms with van der Waals surface area (Å²) in [6.07, 6.45) is 20.4. The van der Waals surface area contributed by atoms with Crippen LogP contribution in [0.4, 0.5) is 0 Å². The van der Waals surface area contributed by atoms with Gasteiger partial charge < -0.3 is 14.2 Å². The van der Waals surface area contributed by atoms with E-state index in [-0.39, 0.29) is 18.2 Å². The standard InChI is InChI=1S/C42H60O4/c1-5-8-10-12-13-14-15-16-17-20-39(19-7-3)45-40-29-31-41(32-30-40)46-42(43)38-27-25-37(26-28-38)36-23-21-35(22-24-36)34(4)44-33-18-11-9-6-2/h21-32,34,39H,5-20,33H2,1-4H3. The van der Waals surface area contributed by atoms with Crippen molar-refractivity contribution in [2.24, 2.45) is 0 Å². The summed E-state index contributed by atoms with van der Waals surface area (Å²) in [5.74, 6) is 0.983. The molecule has 0 spiro atoms. The Labute approximate surface area is 280 Å². The molecule has 4 heteroatoms. The summed E-state index contributed by atoms with van der Waals surface area (Å²) in [5.41, 5.74) is 3.86. The highest BCUT2D eigenvalue weighted by atomic mass is 16.5. The van der Waals surface area contributed by atoms with Crippen molar-refractivity contribution in [1.29, 1.82) is 0 Å². The molecular formula is C42H60O4. The summed E-state index contributed by atoms with van der Waals surface area (Å²) in [6.45, 7) is 9.62. The van der Waals surface area contributed by atoms with Crippen molar-refractivity contribution in [2.75, 3.05) is 6.61 Å². The SMILES string of the molecule is CCCCCCCCCCCC(CCC)Oc1ccc(OC(=O)c2ccc(-c3ccc(C(C)OCCCCCC)cc3)cc2)cc1. The zero-order valence-electron chi connectivity index (χ0n) is 29.2. The third-order valence-electron chi connectivity index (χ3n) is 8.78. The lowest BCUT2D eigenvalue weighted by Crippen LogP contribution is -2.16. The van der Waals surface area contributed by atoms with Gasteiger partial charge in [0.2, 0.25) is 0 Å². The van der Waals surface area contributed by atoms with Crippen LogP contribution < -0.4 is 9.47 Å². The van der Waals surface area contributed by atoms with Gasteiger partial charge in [-0.25, -0.2) is 4.79 Å². The molecule has 0 amide bonds. The second-order valence-electron chi connectivity index (χ2n) is 12.8. The minimum atomic E-state index is -0.366. The van der Waals surface area contributed by atoms with E-state index < -0.39 is 0 Å². The number of carbonyl (C=O) groups excluding carboxylic acids is 1. The first-order chi connectivity index (χ1) is 22.5. The van der Waals surface area contributed by atoms with Gasteiger partial charge in [-0.15, -0.1) is 0 Å². The fourth-order valence-electron chi connectivity index (χ4n) is 5.84. The normalized spacial score (nSPS) is 12.5. The first-order valence-corrected chi connectivity index (χ1v) is 18.3. The van der Waals surface area contributed by atoms with Gasteiger partial charge in [0.05, 0.1) is 17.8 Å². The van der Waals surface area contributed by atoms with Crippen LogP contribution in [0.25, 0.3) is 11.1 Å². The summed E-state index contributed by atoms with van der Waals surface area (Å²) >= 11 is 0. The molecule has 0 aliphatic heterocycles. The molecule has 0 heterocycles. The summed E-state index contributed by atoms with van der Waals surface area (Å²) in [6, 6.07) is 23.5. The van der Waals surface area contributed by atoms with E-state index in [1.165, 1.54) is 82.6 Å². The zero-order valence-corrected chi connectivity index (χ0v) is 29.2. The van der Waals surface area contributed by atoms with Gasteiger partial charge in [0, 0.05) is 6.61 Å². The molecule has 2 atom stereocenters. The maximum atomic E-state index is 12.9. The highest BCUT2D eigenvalue weighted by Crippen LogP contribution is 2.26. The van der Waals surface area contributed by atoms with E-state index in [0.717, 1.165) is 49.2 Å². The highest BCUT2D eigenvalue weighted by Gasteiger charge is 2.13. The lowest BCUT2D eigenvalue weighted by atomic mass is 10.0. The van der Waals surface area contributed by atoms with E-state index in [2.05, 4.69) is 52.0 Å². The Morgan fingerprint density at radius 1 is 0.565 bits per heavy atom. The Kier molecular flexibility index (Phi) is 18.2. The van der Waals surface area contributed by atoms with Crippen molar-refractivity contribution in [3.05, 3.63) is 83.9 Å².